The van der Waals surface area contributed by atoms with Crippen LogP contribution in [0.4, 0.5) is 0 Å². The molecule has 0 aliphatic carbocycles. The van der Waals surface area contributed by atoms with Crippen molar-refractivity contribution in [2.75, 3.05) is 20.3 Å². The summed E-state index contributed by atoms with van der Waals surface area (Å²) in [5, 5.41) is 0. The fourth-order valence-electron chi connectivity index (χ4n) is 0.676. The van der Waals surface area contributed by atoms with E-state index in [-0.39, 0.29) is 0 Å². The van der Waals surface area contributed by atoms with E-state index in [0.29, 0.717) is 6.10 Å². The lowest BCUT2D eigenvalue weighted by Gasteiger charge is -2.03. The van der Waals surface area contributed by atoms with Crippen LogP contribution in [0.15, 0.2) is 0 Å². The molecular formula is C14H28O2. The zero-order valence-corrected chi connectivity index (χ0v) is 11.8. The highest BCUT2D eigenvalue weighted by molar-refractivity contribution is 4.98. The van der Waals surface area contributed by atoms with Gasteiger partial charge < -0.3 is 9.47 Å². The third kappa shape index (κ3) is 29.2. The van der Waals surface area contributed by atoms with Crippen molar-refractivity contribution in [3.05, 3.63) is 0 Å². The fourth-order valence-corrected chi connectivity index (χ4v) is 0.676. The summed E-state index contributed by atoms with van der Waals surface area (Å²) >= 11 is 0. The summed E-state index contributed by atoms with van der Waals surface area (Å²) in [5.41, 5.74) is 0. The van der Waals surface area contributed by atoms with E-state index in [1.54, 1.807) is 7.11 Å². The molecule has 0 heterocycles. The van der Waals surface area contributed by atoms with Crippen LogP contribution in [0.1, 0.15) is 47.5 Å². The van der Waals surface area contributed by atoms with Gasteiger partial charge >= 0.3 is 0 Å². The average molecular weight is 228 g/mol. The molecule has 16 heavy (non-hydrogen) atoms. The summed E-state index contributed by atoms with van der Waals surface area (Å²) in [6.45, 7) is 12.0. The minimum atomic E-state index is 0.311. The quantitative estimate of drug-likeness (QED) is 0.529. The predicted molar refractivity (Wildman–Crippen MR) is 70.5 cm³/mol. The standard InChI is InChI=1S/C10H18O2.C4H10/c1-10(2)12-9-7-5-4-6-8-11-3;1-4(2)3/h10H,6-9H2,1-3H3;4H,1-3H3. The van der Waals surface area contributed by atoms with Crippen LogP contribution >= 0.6 is 0 Å². The van der Waals surface area contributed by atoms with Gasteiger partial charge in [-0.25, -0.2) is 0 Å². The number of rotatable bonds is 5. The van der Waals surface area contributed by atoms with Crippen LogP contribution in [0.3, 0.4) is 0 Å². The first-order chi connectivity index (χ1) is 7.50. The highest BCUT2D eigenvalue weighted by atomic mass is 16.5. The van der Waals surface area contributed by atoms with Crippen LogP contribution < -0.4 is 0 Å². The zero-order valence-electron chi connectivity index (χ0n) is 11.8. The SMILES string of the molecule is CC(C)C.COCCC#CCCOC(C)C. The van der Waals surface area contributed by atoms with E-state index in [2.05, 4.69) is 32.6 Å². The number of ether oxygens (including phenoxy) is 2. The van der Waals surface area contributed by atoms with Gasteiger partial charge in [0.05, 0.1) is 19.3 Å². The van der Waals surface area contributed by atoms with Gasteiger partial charge in [-0.1, -0.05) is 20.8 Å². The molecule has 0 unspecified atom stereocenters. The van der Waals surface area contributed by atoms with Crippen molar-refractivity contribution >= 4 is 0 Å². The Morgan fingerprint density at radius 3 is 1.69 bits per heavy atom. The minimum absolute atomic E-state index is 0.311. The van der Waals surface area contributed by atoms with E-state index in [4.69, 9.17) is 9.47 Å². The second-order valence-electron chi connectivity index (χ2n) is 4.50. The third-order valence-electron chi connectivity index (χ3n) is 1.23. The van der Waals surface area contributed by atoms with Crippen molar-refractivity contribution in [2.24, 2.45) is 5.92 Å². The highest BCUT2D eigenvalue weighted by Crippen LogP contribution is 1.89. The van der Waals surface area contributed by atoms with E-state index >= 15 is 0 Å². The molecule has 2 heteroatoms. The molecule has 0 amide bonds. The van der Waals surface area contributed by atoms with Gasteiger partial charge in [0.15, 0.2) is 0 Å². The molecular weight excluding hydrogens is 200 g/mol. The smallest absolute Gasteiger partial charge is 0.0579 e. The summed E-state index contributed by atoms with van der Waals surface area (Å²) in [7, 11) is 1.68. The van der Waals surface area contributed by atoms with Gasteiger partial charge in [-0.3, -0.25) is 0 Å². The predicted octanol–water partition coefficient (Wildman–Crippen LogP) is 3.50. The van der Waals surface area contributed by atoms with Crippen LogP contribution in [-0.4, -0.2) is 26.4 Å². The van der Waals surface area contributed by atoms with Crippen LogP contribution in [0.2, 0.25) is 0 Å². The Morgan fingerprint density at radius 2 is 1.31 bits per heavy atom. The highest BCUT2D eigenvalue weighted by Gasteiger charge is 1.89. The molecule has 0 fully saturated rings. The molecule has 0 atom stereocenters. The molecule has 0 aliphatic rings. The molecule has 2 nitrogen and oxygen atoms in total. The van der Waals surface area contributed by atoms with Crippen LogP contribution in [0.25, 0.3) is 0 Å². The molecule has 0 N–H and O–H groups in total. The molecule has 0 saturated heterocycles. The lowest BCUT2D eigenvalue weighted by atomic mass is 10.3. The maximum atomic E-state index is 5.31. The largest absolute Gasteiger partial charge is 0.384 e. The van der Waals surface area contributed by atoms with Gasteiger partial charge in [0.1, 0.15) is 0 Å². The van der Waals surface area contributed by atoms with E-state index < -0.39 is 0 Å². The maximum absolute atomic E-state index is 5.31. The fraction of sp³-hybridized carbons (Fsp3) is 0.857. The molecule has 0 aliphatic heterocycles. The summed E-state index contributed by atoms with van der Waals surface area (Å²) < 4.78 is 10.2. The first kappa shape index (κ1) is 17.9. The van der Waals surface area contributed by atoms with Gasteiger partial charge in [0, 0.05) is 20.0 Å². The van der Waals surface area contributed by atoms with Gasteiger partial charge in [-0.2, -0.15) is 0 Å². The first-order valence-corrected chi connectivity index (χ1v) is 6.07. The summed E-state index contributed by atoms with van der Waals surface area (Å²) in [6.07, 6.45) is 1.95. The second-order valence-corrected chi connectivity index (χ2v) is 4.50. The van der Waals surface area contributed by atoms with Gasteiger partial charge in [0.25, 0.3) is 0 Å². The lowest BCUT2D eigenvalue weighted by Crippen LogP contribution is -2.02. The molecule has 0 aromatic carbocycles. The van der Waals surface area contributed by atoms with Gasteiger partial charge in [-0.05, 0) is 19.8 Å². The van der Waals surface area contributed by atoms with Crippen molar-refractivity contribution in [1.29, 1.82) is 0 Å². The third-order valence-corrected chi connectivity index (χ3v) is 1.23. The Labute approximate surface area is 102 Å². The molecule has 0 bridgehead atoms. The molecule has 0 aromatic rings. The number of hydrogen-bond donors (Lipinski definition) is 0. The monoisotopic (exact) mass is 228 g/mol. The van der Waals surface area contributed by atoms with Gasteiger partial charge in [0.2, 0.25) is 0 Å². The topological polar surface area (TPSA) is 18.5 Å². The van der Waals surface area contributed by atoms with Crippen LogP contribution in [-0.2, 0) is 9.47 Å². The Kier molecular flexibility index (Phi) is 16.2. The molecule has 0 spiro atoms. The van der Waals surface area contributed by atoms with Crippen molar-refractivity contribution in [1.82, 2.24) is 0 Å². The maximum Gasteiger partial charge on any atom is 0.0579 e. The Balaban J connectivity index is 0. The Morgan fingerprint density at radius 1 is 0.875 bits per heavy atom. The van der Waals surface area contributed by atoms with Crippen molar-refractivity contribution in [3.63, 3.8) is 0 Å². The Hall–Kier alpha value is -0.520. The van der Waals surface area contributed by atoms with E-state index in [1.165, 1.54) is 0 Å². The summed E-state index contributed by atoms with van der Waals surface area (Å²) in [5.74, 6) is 6.86. The first-order valence-electron chi connectivity index (χ1n) is 6.07. The van der Waals surface area contributed by atoms with Crippen LogP contribution in [0, 0.1) is 17.8 Å². The lowest BCUT2D eigenvalue weighted by molar-refractivity contribution is 0.0835. The van der Waals surface area contributed by atoms with Crippen LogP contribution in [0.5, 0.6) is 0 Å². The zero-order chi connectivity index (χ0) is 12.8. The molecule has 0 rings (SSSR count). The number of methoxy groups -OCH3 is 1. The molecule has 0 radical (unpaired) electrons. The molecule has 96 valence electrons. The second kappa shape index (κ2) is 14.5. The summed E-state index contributed by atoms with van der Waals surface area (Å²) in [4.78, 5) is 0. The normalized spacial score (nSPS) is 9.50. The van der Waals surface area contributed by atoms with Crippen molar-refractivity contribution < 1.29 is 9.47 Å². The van der Waals surface area contributed by atoms with E-state index in [1.807, 2.05) is 13.8 Å². The number of hydrogen-bond acceptors (Lipinski definition) is 2. The molecule has 0 aromatic heterocycles. The van der Waals surface area contributed by atoms with Crippen molar-refractivity contribution in [2.45, 2.75) is 53.6 Å². The Bertz CT molecular complexity index is 172. The summed E-state index contributed by atoms with van der Waals surface area (Å²) in [6, 6.07) is 0. The average Bonchev–Trinajstić information content (AvgIpc) is 2.15. The van der Waals surface area contributed by atoms with Crippen molar-refractivity contribution in [3.8, 4) is 11.8 Å². The van der Waals surface area contributed by atoms with E-state index in [9.17, 15) is 0 Å². The minimum Gasteiger partial charge on any atom is -0.384 e. The van der Waals surface area contributed by atoms with Gasteiger partial charge in [-0.15, -0.1) is 11.8 Å². The molecule has 0 saturated carbocycles. The van der Waals surface area contributed by atoms with E-state index in [0.717, 1.165) is 32.0 Å².